The number of benzene rings is 2. The first-order chi connectivity index (χ1) is 13.6. The molecule has 0 radical (unpaired) electrons. The molecule has 0 fully saturated rings. The highest BCUT2D eigenvalue weighted by Gasteiger charge is 2.15. The van der Waals surface area contributed by atoms with E-state index < -0.39 is 5.91 Å². The number of carbonyl (C=O) groups excluding carboxylic acids is 1. The first-order valence-corrected chi connectivity index (χ1v) is 8.69. The van der Waals surface area contributed by atoms with E-state index in [9.17, 15) is 4.79 Å². The molecule has 0 bridgehead atoms. The number of carbonyl (C=O) groups is 1. The normalized spacial score (nSPS) is 10.2. The van der Waals surface area contributed by atoms with Crippen molar-refractivity contribution < 1.29 is 18.7 Å². The standard InChI is InChI=1S/C20H18N4O4/c1-3-26-16-10-9-15(11-17(16)27-4-2)19-23-24-20(28-19)22-18(25)14-7-5-13(12-21)6-8-14/h5-11H,3-4H2,1-2H3,(H,22,24,25). The molecule has 3 rings (SSSR count). The van der Waals surface area contributed by atoms with Crippen LogP contribution < -0.4 is 14.8 Å². The molecule has 0 aliphatic carbocycles. The lowest BCUT2D eigenvalue weighted by Gasteiger charge is -2.11. The highest BCUT2D eigenvalue weighted by Crippen LogP contribution is 2.32. The highest BCUT2D eigenvalue weighted by molar-refractivity contribution is 6.03. The molecule has 8 nitrogen and oxygen atoms in total. The van der Waals surface area contributed by atoms with E-state index in [0.717, 1.165) is 0 Å². The van der Waals surface area contributed by atoms with Crippen molar-refractivity contribution in [3.8, 4) is 29.0 Å². The monoisotopic (exact) mass is 378 g/mol. The summed E-state index contributed by atoms with van der Waals surface area (Å²) in [4.78, 5) is 12.3. The number of ether oxygens (including phenoxy) is 2. The summed E-state index contributed by atoms with van der Waals surface area (Å²) >= 11 is 0. The number of aromatic nitrogens is 2. The first-order valence-electron chi connectivity index (χ1n) is 8.69. The number of nitrogens with zero attached hydrogens (tertiary/aromatic N) is 3. The van der Waals surface area contributed by atoms with E-state index in [1.807, 2.05) is 19.9 Å². The molecule has 8 heteroatoms. The van der Waals surface area contributed by atoms with Gasteiger partial charge in [-0.05, 0) is 56.3 Å². The summed E-state index contributed by atoms with van der Waals surface area (Å²) in [6.07, 6.45) is 0. The van der Waals surface area contributed by atoms with Crippen LogP contribution >= 0.6 is 0 Å². The molecule has 3 aromatic rings. The van der Waals surface area contributed by atoms with Crippen molar-refractivity contribution in [2.24, 2.45) is 0 Å². The largest absolute Gasteiger partial charge is 0.490 e. The molecule has 0 unspecified atom stereocenters. The van der Waals surface area contributed by atoms with Crippen molar-refractivity contribution in [2.75, 3.05) is 18.5 Å². The number of hydrogen-bond donors (Lipinski definition) is 1. The second-order valence-corrected chi connectivity index (χ2v) is 5.58. The van der Waals surface area contributed by atoms with Gasteiger partial charge in [-0.1, -0.05) is 5.10 Å². The Labute approximate surface area is 161 Å². The van der Waals surface area contributed by atoms with Crippen LogP contribution in [-0.4, -0.2) is 29.3 Å². The van der Waals surface area contributed by atoms with Crippen LogP contribution in [0.3, 0.4) is 0 Å². The third-order valence-electron chi connectivity index (χ3n) is 3.71. The number of amides is 1. The number of anilines is 1. The molecule has 1 amide bonds. The summed E-state index contributed by atoms with van der Waals surface area (Å²) < 4.78 is 16.7. The smallest absolute Gasteiger partial charge is 0.322 e. The summed E-state index contributed by atoms with van der Waals surface area (Å²) in [7, 11) is 0. The summed E-state index contributed by atoms with van der Waals surface area (Å²) in [5.74, 6) is 1.02. The van der Waals surface area contributed by atoms with E-state index in [-0.39, 0.29) is 11.9 Å². The Morgan fingerprint density at radius 2 is 1.79 bits per heavy atom. The van der Waals surface area contributed by atoms with Crippen molar-refractivity contribution in [1.82, 2.24) is 10.2 Å². The van der Waals surface area contributed by atoms with Gasteiger partial charge in [0.25, 0.3) is 5.91 Å². The Bertz CT molecular complexity index is 1010. The average Bonchev–Trinajstić information content (AvgIpc) is 3.18. The second kappa shape index (κ2) is 8.68. The Hall–Kier alpha value is -3.86. The maximum atomic E-state index is 12.3. The van der Waals surface area contributed by atoms with E-state index >= 15 is 0 Å². The third-order valence-corrected chi connectivity index (χ3v) is 3.71. The molecule has 0 atom stereocenters. The Balaban J connectivity index is 1.77. The van der Waals surface area contributed by atoms with E-state index in [2.05, 4.69) is 15.5 Å². The van der Waals surface area contributed by atoms with E-state index in [1.54, 1.807) is 42.5 Å². The van der Waals surface area contributed by atoms with Gasteiger partial charge in [0.2, 0.25) is 5.89 Å². The van der Waals surface area contributed by atoms with Gasteiger partial charge >= 0.3 is 6.01 Å². The van der Waals surface area contributed by atoms with Gasteiger partial charge in [-0.15, -0.1) is 5.10 Å². The molecular formula is C20H18N4O4. The van der Waals surface area contributed by atoms with E-state index in [0.29, 0.717) is 41.4 Å². The minimum absolute atomic E-state index is 0.0313. The van der Waals surface area contributed by atoms with Crippen LogP contribution in [0.25, 0.3) is 11.5 Å². The highest BCUT2D eigenvalue weighted by atomic mass is 16.5. The van der Waals surface area contributed by atoms with Gasteiger partial charge in [0.15, 0.2) is 11.5 Å². The maximum Gasteiger partial charge on any atom is 0.322 e. The van der Waals surface area contributed by atoms with Crippen LogP contribution in [0.5, 0.6) is 11.5 Å². The van der Waals surface area contributed by atoms with Crippen LogP contribution in [0, 0.1) is 11.3 Å². The second-order valence-electron chi connectivity index (χ2n) is 5.58. The van der Waals surface area contributed by atoms with Crippen molar-refractivity contribution in [1.29, 1.82) is 5.26 Å². The predicted octanol–water partition coefficient (Wildman–Crippen LogP) is 3.66. The fraction of sp³-hybridized carbons (Fsp3) is 0.200. The Kier molecular flexibility index (Phi) is 5.87. The van der Waals surface area contributed by atoms with Crippen molar-refractivity contribution in [3.63, 3.8) is 0 Å². The SMILES string of the molecule is CCOc1ccc(-c2nnc(NC(=O)c3ccc(C#N)cc3)o2)cc1OCC. The number of nitriles is 1. The van der Waals surface area contributed by atoms with Crippen LogP contribution in [0.4, 0.5) is 6.01 Å². The summed E-state index contributed by atoms with van der Waals surface area (Å²) in [6.45, 7) is 4.78. The minimum atomic E-state index is -0.415. The van der Waals surface area contributed by atoms with Gasteiger partial charge in [0.1, 0.15) is 0 Å². The summed E-state index contributed by atoms with van der Waals surface area (Å²) in [5, 5.41) is 19.2. The molecule has 0 spiro atoms. The molecule has 142 valence electrons. The van der Waals surface area contributed by atoms with Gasteiger partial charge in [-0.3, -0.25) is 10.1 Å². The average molecular weight is 378 g/mol. The lowest BCUT2D eigenvalue weighted by atomic mass is 10.1. The first kappa shape index (κ1) is 18.9. The molecule has 1 N–H and O–H groups in total. The van der Waals surface area contributed by atoms with Crippen molar-refractivity contribution >= 4 is 11.9 Å². The van der Waals surface area contributed by atoms with Crippen molar-refractivity contribution in [2.45, 2.75) is 13.8 Å². The van der Waals surface area contributed by atoms with Crippen LogP contribution in [0.2, 0.25) is 0 Å². The topological polar surface area (TPSA) is 110 Å². The van der Waals surface area contributed by atoms with E-state index in [4.69, 9.17) is 19.2 Å². The van der Waals surface area contributed by atoms with Gasteiger partial charge in [0, 0.05) is 11.1 Å². The van der Waals surface area contributed by atoms with Gasteiger partial charge in [0.05, 0.1) is 24.8 Å². The van der Waals surface area contributed by atoms with Crippen LogP contribution in [0.1, 0.15) is 29.8 Å². The molecule has 1 heterocycles. The van der Waals surface area contributed by atoms with Crippen LogP contribution in [0.15, 0.2) is 46.9 Å². The summed E-state index contributed by atoms with van der Waals surface area (Å²) in [6, 6.07) is 13.5. The number of nitrogens with one attached hydrogen (secondary N) is 1. The zero-order valence-electron chi connectivity index (χ0n) is 15.4. The molecule has 0 aliphatic heterocycles. The Morgan fingerprint density at radius 3 is 2.46 bits per heavy atom. The zero-order valence-corrected chi connectivity index (χ0v) is 15.4. The molecule has 1 aromatic heterocycles. The van der Waals surface area contributed by atoms with Gasteiger partial charge in [-0.25, -0.2) is 0 Å². The molecular weight excluding hydrogens is 360 g/mol. The fourth-order valence-corrected chi connectivity index (χ4v) is 2.44. The molecule has 0 saturated carbocycles. The third kappa shape index (κ3) is 4.27. The quantitative estimate of drug-likeness (QED) is 0.668. The molecule has 28 heavy (non-hydrogen) atoms. The molecule has 2 aromatic carbocycles. The number of rotatable bonds is 7. The fourth-order valence-electron chi connectivity index (χ4n) is 2.44. The van der Waals surface area contributed by atoms with Crippen LogP contribution in [-0.2, 0) is 0 Å². The maximum absolute atomic E-state index is 12.3. The Morgan fingerprint density at radius 1 is 1.07 bits per heavy atom. The minimum Gasteiger partial charge on any atom is -0.490 e. The lowest BCUT2D eigenvalue weighted by molar-refractivity contribution is 0.102. The number of hydrogen-bond acceptors (Lipinski definition) is 7. The van der Waals surface area contributed by atoms with Crippen molar-refractivity contribution in [3.05, 3.63) is 53.6 Å². The van der Waals surface area contributed by atoms with Gasteiger partial charge in [-0.2, -0.15) is 5.26 Å². The van der Waals surface area contributed by atoms with Gasteiger partial charge < -0.3 is 13.9 Å². The summed E-state index contributed by atoms with van der Waals surface area (Å²) in [5.41, 5.74) is 1.48. The molecule has 0 saturated heterocycles. The predicted molar refractivity (Wildman–Crippen MR) is 101 cm³/mol. The zero-order chi connectivity index (χ0) is 19.9. The lowest BCUT2D eigenvalue weighted by Crippen LogP contribution is -2.11. The molecule has 0 aliphatic rings. The van der Waals surface area contributed by atoms with E-state index in [1.165, 1.54) is 0 Å².